The highest BCUT2D eigenvalue weighted by molar-refractivity contribution is 5.98. The van der Waals surface area contributed by atoms with Crippen LogP contribution in [0.5, 0.6) is 5.75 Å². The van der Waals surface area contributed by atoms with E-state index in [1.54, 1.807) is 13.2 Å². The summed E-state index contributed by atoms with van der Waals surface area (Å²) in [7, 11) is 1.62. The van der Waals surface area contributed by atoms with E-state index in [4.69, 9.17) is 4.74 Å². The van der Waals surface area contributed by atoms with Crippen LogP contribution in [0.2, 0.25) is 0 Å². The van der Waals surface area contributed by atoms with E-state index >= 15 is 0 Å². The largest absolute Gasteiger partial charge is 0.496 e. The number of carbonyl (C=O) groups is 2. The van der Waals surface area contributed by atoms with Gasteiger partial charge in [-0.3, -0.25) is 14.6 Å². The van der Waals surface area contributed by atoms with Gasteiger partial charge in [0.2, 0.25) is 0 Å². The SMILES string of the molecule is CCCNC(=O)c1ccnc(C(=O)NCCc2ccccc2OC)c1. The molecule has 2 rings (SSSR count). The van der Waals surface area contributed by atoms with Gasteiger partial charge in [0.25, 0.3) is 11.8 Å². The van der Waals surface area contributed by atoms with Gasteiger partial charge in [-0.25, -0.2) is 0 Å². The number of ether oxygens (including phenoxy) is 1. The molecule has 0 radical (unpaired) electrons. The summed E-state index contributed by atoms with van der Waals surface area (Å²) < 4.78 is 5.29. The van der Waals surface area contributed by atoms with Crippen molar-refractivity contribution in [2.24, 2.45) is 0 Å². The van der Waals surface area contributed by atoms with Crippen LogP contribution in [0, 0.1) is 0 Å². The topological polar surface area (TPSA) is 80.3 Å². The Balaban J connectivity index is 1.93. The maximum absolute atomic E-state index is 12.2. The minimum absolute atomic E-state index is 0.202. The zero-order valence-electron chi connectivity index (χ0n) is 14.5. The third-order valence-corrected chi connectivity index (χ3v) is 3.66. The molecule has 0 aliphatic rings. The van der Waals surface area contributed by atoms with Crippen molar-refractivity contribution < 1.29 is 14.3 Å². The molecule has 2 amide bonds. The Kier molecular flexibility index (Phi) is 6.95. The van der Waals surface area contributed by atoms with E-state index in [9.17, 15) is 9.59 Å². The second-order valence-corrected chi connectivity index (χ2v) is 5.50. The van der Waals surface area contributed by atoms with Crippen molar-refractivity contribution in [1.82, 2.24) is 15.6 Å². The maximum Gasteiger partial charge on any atom is 0.269 e. The van der Waals surface area contributed by atoms with E-state index < -0.39 is 0 Å². The molecule has 1 heterocycles. The lowest BCUT2D eigenvalue weighted by molar-refractivity contribution is 0.0949. The van der Waals surface area contributed by atoms with Crippen molar-refractivity contribution in [2.45, 2.75) is 19.8 Å². The number of para-hydroxylation sites is 1. The molecule has 0 bridgehead atoms. The minimum Gasteiger partial charge on any atom is -0.496 e. The Morgan fingerprint density at radius 3 is 2.60 bits per heavy atom. The Morgan fingerprint density at radius 2 is 1.84 bits per heavy atom. The van der Waals surface area contributed by atoms with Gasteiger partial charge in [-0.1, -0.05) is 25.1 Å². The average Bonchev–Trinajstić information content (AvgIpc) is 2.66. The lowest BCUT2D eigenvalue weighted by Gasteiger charge is -2.09. The lowest BCUT2D eigenvalue weighted by atomic mass is 10.1. The molecule has 2 aromatic rings. The molecule has 25 heavy (non-hydrogen) atoms. The van der Waals surface area contributed by atoms with Gasteiger partial charge in [0.05, 0.1) is 7.11 Å². The highest BCUT2D eigenvalue weighted by Crippen LogP contribution is 2.17. The summed E-state index contributed by atoms with van der Waals surface area (Å²) in [5.41, 5.74) is 1.67. The lowest BCUT2D eigenvalue weighted by Crippen LogP contribution is -2.28. The zero-order valence-corrected chi connectivity index (χ0v) is 14.5. The van der Waals surface area contributed by atoms with Gasteiger partial charge >= 0.3 is 0 Å². The Labute approximate surface area is 147 Å². The first-order valence-electron chi connectivity index (χ1n) is 8.30. The molecule has 0 saturated carbocycles. The molecule has 2 N–H and O–H groups in total. The van der Waals surface area contributed by atoms with E-state index in [-0.39, 0.29) is 17.5 Å². The van der Waals surface area contributed by atoms with Crippen LogP contribution < -0.4 is 15.4 Å². The molecule has 132 valence electrons. The number of nitrogens with one attached hydrogen (secondary N) is 2. The molecule has 0 aliphatic heterocycles. The van der Waals surface area contributed by atoms with Gasteiger partial charge in [0.1, 0.15) is 11.4 Å². The number of pyridine rings is 1. The van der Waals surface area contributed by atoms with Crippen molar-refractivity contribution in [2.75, 3.05) is 20.2 Å². The van der Waals surface area contributed by atoms with E-state index in [2.05, 4.69) is 15.6 Å². The number of aromatic nitrogens is 1. The molecule has 1 aromatic carbocycles. The minimum atomic E-state index is -0.306. The number of benzene rings is 1. The number of hydrogen-bond acceptors (Lipinski definition) is 4. The van der Waals surface area contributed by atoms with Crippen LogP contribution in [-0.4, -0.2) is 37.0 Å². The number of rotatable bonds is 8. The number of hydrogen-bond donors (Lipinski definition) is 2. The molecular formula is C19H23N3O3. The van der Waals surface area contributed by atoms with Crippen LogP contribution in [0.25, 0.3) is 0 Å². The van der Waals surface area contributed by atoms with Crippen molar-refractivity contribution in [3.63, 3.8) is 0 Å². The van der Waals surface area contributed by atoms with E-state index in [0.29, 0.717) is 25.1 Å². The molecule has 0 fully saturated rings. The molecular weight excluding hydrogens is 318 g/mol. The van der Waals surface area contributed by atoms with Crippen LogP contribution >= 0.6 is 0 Å². The second-order valence-electron chi connectivity index (χ2n) is 5.50. The summed E-state index contributed by atoms with van der Waals surface area (Å²) in [4.78, 5) is 28.2. The van der Waals surface area contributed by atoms with Crippen LogP contribution in [0.4, 0.5) is 0 Å². The predicted molar refractivity (Wildman–Crippen MR) is 95.9 cm³/mol. The summed E-state index contributed by atoms with van der Waals surface area (Å²) in [6, 6.07) is 10.8. The molecule has 0 unspecified atom stereocenters. The molecule has 0 aliphatic carbocycles. The third-order valence-electron chi connectivity index (χ3n) is 3.66. The first-order valence-corrected chi connectivity index (χ1v) is 8.30. The molecule has 0 spiro atoms. The third kappa shape index (κ3) is 5.31. The monoisotopic (exact) mass is 341 g/mol. The highest BCUT2D eigenvalue weighted by atomic mass is 16.5. The smallest absolute Gasteiger partial charge is 0.269 e. The van der Waals surface area contributed by atoms with Gasteiger partial charge in [0.15, 0.2) is 0 Å². The molecule has 6 nitrogen and oxygen atoms in total. The number of amides is 2. The van der Waals surface area contributed by atoms with Crippen LogP contribution in [0.1, 0.15) is 39.8 Å². The van der Waals surface area contributed by atoms with Gasteiger partial charge in [-0.2, -0.15) is 0 Å². The fourth-order valence-corrected chi connectivity index (χ4v) is 2.35. The molecule has 6 heteroatoms. The van der Waals surface area contributed by atoms with Gasteiger partial charge < -0.3 is 15.4 Å². The zero-order chi connectivity index (χ0) is 18.1. The predicted octanol–water partition coefficient (Wildman–Crippen LogP) is 2.20. The van der Waals surface area contributed by atoms with E-state index in [1.165, 1.54) is 12.3 Å². The molecule has 0 atom stereocenters. The summed E-state index contributed by atoms with van der Waals surface area (Å²) in [5.74, 6) is 0.289. The van der Waals surface area contributed by atoms with Gasteiger partial charge in [0, 0.05) is 24.8 Å². The number of nitrogens with zero attached hydrogens (tertiary/aromatic N) is 1. The quantitative estimate of drug-likeness (QED) is 0.771. The van der Waals surface area contributed by atoms with Gasteiger partial charge in [-0.15, -0.1) is 0 Å². The maximum atomic E-state index is 12.2. The Hall–Kier alpha value is -2.89. The summed E-state index contributed by atoms with van der Waals surface area (Å²) >= 11 is 0. The van der Waals surface area contributed by atoms with Crippen molar-refractivity contribution in [1.29, 1.82) is 0 Å². The van der Waals surface area contributed by atoms with E-state index in [0.717, 1.165) is 17.7 Å². The van der Waals surface area contributed by atoms with Crippen molar-refractivity contribution in [3.8, 4) is 5.75 Å². The standard InChI is InChI=1S/C19H23N3O3/c1-3-10-21-18(23)15-9-11-20-16(13-15)19(24)22-12-8-14-6-4-5-7-17(14)25-2/h4-7,9,11,13H,3,8,10,12H2,1-2H3,(H,21,23)(H,22,24). The van der Waals surface area contributed by atoms with Crippen molar-refractivity contribution >= 4 is 11.8 Å². The van der Waals surface area contributed by atoms with Crippen LogP contribution in [-0.2, 0) is 6.42 Å². The van der Waals surface area contributed by atoms with Crippen LogP contribution in [0.3, 0.4) is 0 Å². The van der Waals surface area contributed by atoms with Crippen molar-refractivity contribution in [3.05, 3.63) is 59.4 Å². The molecule has 0 saturated heterocycles. The highest BCUT2D eigenvalue weighted by Gasteiger charge is 2.11. The van der Waals surface area contributed by atoms with E-state index in [1.807, 2.05) is 31.2 Å². The first-order chi connectivity index (χ1) is 12.2. The Morgan fingerprint density at radius 1 is 1.08 bits per heavy atom. The fourth-order valence-electron chi connectivity index (χ4n) is 2.35. The summed E-state index contributed by atoms with van der Waals surface area (Å²) in [6.45, 7) is 3.03. The summed E-state index contributed by atoms with van der Waals surface area (Å²) in [5, 5.41) is 5.60. The summed E-state index contributed by atoms with van der Waals surface area (Å²) in [6.07, 6.45) is 2.97. The molecule has 1 aromatic heterocycles. The Bertz CT molecular complexity index is 731. The van der Waals surface area contributed by atoms with Gasteiger partial charge in [-0.05, 0) is 36.6 Å². The fraction of sp³-hybridized carbons (Fsp3) is 0.316. The van der Waals surface area contributed by atoms with Crippen LogP contribution in [0.15, 0.2) is 42.6 Å². The average molecular weight is 341 g/mol. The normalized spacial score (nSPS) is 10.2. The number of carbonyl (C=O) groups excluding carboxylic acids is 2. The number of methoxy groups -OCH3 is 1. The first kappa shape index (κ1) is 18.4. The second kappa shape index (κ2) is 9.42.